The molecule has 0 bridgehead atoms. The van der Waals surface area contributed by atoms with Gasteiger partial charge in [-0.1, -0.05) is 12.1 Å². The molecule has 120 valence electrons. The molecule has 0 spiro atoms. The Morgan fingerprint density at radius 1 is 1.13 bits per heavy atom. The largest absolute Gasteiger partial charge is 0.336 e. The van der Waals surface area contributed by atoms with Crippen LogP contribution < -0.4 is 5.32 Å². The zero-order chi connectivity index (χ0) is 15.6. The van der Waals surface area contributed by atoms with Gasteiger partial charge >= 0.3 is 0 Å². The van der Waals surface area contributed by atoms with Crippen molar-refractivity contribution in [3.8, 4) is 0 Å². The van der Waals surface area contributed by atoms with Gasteiger partial charge in [0, 0.05) is 45.3 Å². The summed E-state index contributed by atoms with van der Waals surface area (Å²) in [7, 11) is 0. The first-order valence-electron chi connectivity index (χ1n) is 8.27. The summed E-state index contributed by atoms with van der Waals surface area (Å²) < 4.78 is 0. The van der Waals surface area contributed by atoms with Gasteiger partial charge in [-0.2, -0.15) is 0 Å². The number of nitrogens with one attached hydrogen (secondary N) is 1. The van der Waals surface area contributed by atoms with Gasteiger partial charge in [-0.3, -0.25) is 14.7 Å². The van der Waals surface area contributed by atoms with Crippen molar-refractivity contribution in [2.75, 3.05) is 39.3 Å². The predicted octanol–water partition coefficient (Wildman–Crippen LogP) is 0.749. The van der Waals surface area contributed by atoms with Gasteiger partial charge in [-0.05, 0) is 18.6 Å². The highest BCUT2D eigenvalue weighted by atomic mass is 16.2. The molecule has 4 rings (SSSR count). The summed E-state index contributed by atoms with van der Waals surface area (Å²) in [5.74, 6) is 0.000822. The molecule has 1 atom stereocenters. The monoisotopic (exact) mass is 311 g/mol. The summed E-state index contributed by atoms with van der Waals surface area (Å²) in [5, 5.41) is 3.37. The Kier molecular flexibility index (Phi) is 3.93. The van der Waals surface area contributed by atoms with Crippen LogP contribution in [0.5, 0.6) is 0 Å². The number of piperazine rings is 1. The number of fused-ring (bicyclic) bond motifs is 1. The number of rotatable bonds is 2. The minimum atomic E-state index is 0.000822. The summed E-state index contributed by atoms with van der Waals surface area (Å²) in [5.41, 5.74) is 2.05. The van der Waals surface area contributed by atoms with Crippen molar-refractivity contribution in [3.63, 3.8) is 0 Å². The lowest BCUT2D eigenvalue weighted by molar-refractivity contribution is 0.0767. The summed E-state index contributed by atoms with van der Waals surface area (Å²) in [6.07, 6.45) is 2.65. The van der Waals surface area contributed by atoms with Crippen LogP contribution >= 0.6 is 0 Å². The number of hydrogen-bond donors (Lipinski definition) is 1. The van der Waals surface area contributed by atoms with Crippen molar-refractivity contribution in [3.05, 3.63) is 36.2 Å². The number of amides is 1. The van der Waals surface area contributed by atoms with Gasteiger partial charge in [0.25, 0.3) is 5.91 Å². The van der Waals surface area contributed by atoms with E-state index in [1.165, 1.54) is 0 Å². The number of carbonyl (C=O) groups excluding carboxylic acids is 1. The molecule has 1 unspecified atom stereocenters. The third kappa shape index (κ3) is 2.92. The van der Waals surface area contributed by atoms with E-state index in [1.54, 1.807) is 6.20 Å². The molecule has 1 N–H and O–H groups in total. The summed E-state index contributed by atoms with van der Waals surface area (Å²) >= 11 is 0. The Labute approximate surface area is 135 Å². The van der Waals surface area contributed by atoms with Crippen LogP contribution in [0.25, 0.3) is 11.0 Å². The zero-order valence-electron chi connectivity index (χ0n) is 13.1. The first kappa shape index (κ1) is 14.5. The number of hydrogen-bond acceptors (Lipinski definition) is 5. The average Bonchev–Trinajstić information content (AvgIpc) is 3.11. The third-order valence-electron chi connectivity index (χ3n) is 4.79. The number of nitrogens with zero attached hydrogens (tertiary/aromatic N) is 4. The Morgan fingerprint density at radius 2 is 1.91 bits per heavy atom. The molecule has 2 fully saturated rings. The molecular weight excluding hydrogens is 290 g/mol. The molecule has 1 amide bonds. The highest BCUT2D eigenvalue weighted by molar-refractivity contribution is 5.94. The first-order valence-corrected chi connectivity index (χ1v) is 8.27. The maximum atomic E-state index is 12.7. The molecule has 3 heterocycles. The summed E-state index contributed by atoms with van der Waals surface area (Å²) in [4.78, 5) is 26.0. The fourth-order valence-corrected chi connectivity index (χ4v) is 3.49. The molecule has 2 aliphatic heterocycles. The van der Waals surface area contributed by atoms with Crippen LogP contribution in [0.4, 0.5) is 0 Å². The molecule has 1 aromatic heterocycles. The quantitative estimate of drug-likeness (QED) is 0.887. The Balaban J connectivity index is 1.48. The van der Waals surface area contributed by atoms with Gasteiger partial charge in [0.15, 0.2) is 0 Å². The smallest absolute Gasteiger partial charge is 0.274 e. The van der Waals surface area contributed by atoms with Crippen LogP contribution in [0.3, 0.4) is 0 Å². The van der Waals surface area contributed by atoms with Crippen molar-refractivity contribution in [1.29, 1.82) is 0 Å². The van der Waals surface area contributed by atoms with Crippen molar-refractivity contribution in [2.45, 2.75) is 12.5 Å². The van der Waals surface area contributed by atoms with Crippen LogP contribution in [0.2, 0.25) is 0 Å². The van der Waals surface area contributed by atoms with E-state index in [0.29, 0.717) is 11.7 Å². The van der Waals surface area contributed by atoms with Crippen LogP contribution in [0.1, 0.15) is 16.9 Å². The van der Waals surface area contributed by atoms with E-state index in [1.807, 2.05) is 29.2 Å². The molecular formula is C17H21N5O. The highest BCUT2D eigenvalue weighted by Gasteiger charge is 2.31. The first-order chi connectivity index (χ1) is 11.3. The molecule has 2 aromatic rings. The van der Waals surface area contributed by atoms with E-state index < -0.39 is 0 Å². The van der Waals surface area contributed by atoms with Crippen LogP contribution in [-0.4, -0.2) is 71.0 Å². The lowest BCUT2D eigenvalue weighted by Gasteiger charge is -2.32. The zero-order valence-corrected chi connectivity index (χ0v) is 13.1. The molecule has 0 aliphatic carbocycles. The van der Waals surface area contributed by atoms with Gasteiger partial charge in [0.2, 0.25) is 0 Å². The normalized spacial score (nSPS) is 22.6. The van der Waals surface area contributed by atoms with Crippen molar-refractivity contribution < 1.29 is 4.79 Å². The van der Waals surface area contributed by atoms with Gasteiger partial charge in [-0.15, -0.1) is 0 Å². The van der Waals surface area contributed by atoms with Crippen LogP contribution in [0.15, 0.2) is 30.5 Å². The van der Waals surface area contributed by atoms with E-state index in [0.717, 1.165) is 56.7 Å². The molecule has 0 saturated carbocycles. The molecule has 2 saturated heterocycles. The lowest BCUT2D eigenvalue weighted by atomic mass is 10.2. The van der Waals surface area contributed by atoms with E-state index in [9.17, 15) is 4.79 Å². The second-order valence-corrected chi connectivity index (χ2v) is 6.22. The highest BCUT2D eigenvalue weighted by Crippen LogP contribution is 2.18. The second kappa shape index (κ2) is 6.22. The van der Waals surface area contributed by atoms with Gasteiger partial charge < -0.3 is 10.2 Å². The fraction of sp³-hybridized carbons (Fsp3) is 0.471. The van der Waals surface area contributed by atoms with Gasteiger partial charge in [0.05, 0.1) is 17.2 Å². The Hall–Kier alpha value is -2.05. The second-order valence-electron chi connectivity index (χ2n) is 6.22. The Bertz CT molecular complexity index is 713. The average molecular weight is 311 g/mol. The topological polar surface area (TPSA) is 61.4 Å². The fourth-order valence-electron chi connectivity index (χ4n) is 3.49. The van der Waals surface area contributed by atoms with Crippen LogP contribution in [0, 0.1) is 0 Å². The number of aromatic nitrogens is 2. The van der Waals surface area contributed by atoms with Crippen molar-refractivity contribution in [1.82, 2.24) is 25.1 Å². The predicted molar refractivity (Wildman–Crippen MR) is 88.3 cm³/mol. The van der Waals surface area contributed by atoms with Crippen molar-refractivity contribution >= 4 is 16.9 Å². The standard InChI is InChI=1S/C17H21N5O/c23-17(16-11-19-14-3-1-2-4-15(14)20-16)22-8-5-13(12-22)21-9-6-18-7-10-21/h1-4,11,13,18H,5-10,12H2. The maximum absolute atomic E-state index is 12.7. The van der Waals surface area contributed by atoms with E-state index in [4.69, 9.17) is 0 Å². The van der Waals surface area contributed by atoms with E-state index in [-0.39, 0.29) is 5.91 Å². The van der Waals surface area contributed by atoms with E-state index >= 15 is 0 Å². The van der Waals surface area contributed by atoms with Crippen LogP contribution in [-0.2, 0) is 0 Å². The SMILES string of the molecule is O=C(c1cnc2ccccc2n1)N1CCC(N2CCNCC2)C1. The van der Waals surface area contributed by atoms with Crippen molar-refractivity contribution in [2.24, 2.45) is 0 Å². The third-order valence-corrected chi connectivity index (χ3v) is 4.79. The molecule has 23 heavy (non-hydrogen) atoms. The van der Waals surface area contributed by atoms with Gasteiger partial charge in [0.1, 0.15) is 5.69 Å². The molecule has 0 radical (unpaired) electrons. The Morgan fingerprint density at radius 3 is 2.74 bits per heavy atom. The van der Waals surface area contributed by atoms with Gasteiger partial charge in [-0.25, -0.2) is 4.98 Å². The summed E-state index contributed by atoms with van der Waals surface area (Å²) in [6.45, 7) is 5.83. The number of likely N-dealkylation sites (tertiary alicyclic amines) is 1. The molecule has 6 nitrogen and oxygen atoms in total. The molecule has 1 aromatic carbocycles. The lowest BCUT2D eigenvalue weighted by Crippen LogP contribution is -2.49. The molecule has 6 heteroatoms. The number of para-hydroxylation sites is 2. The number of carbonyl (C=O) groups is 1. The number of benzene rings is 1. The molecule has 2 aliphatic rings. The van der Waals surface area contributed by atoms with E-state index in [2.05, 4.69) is 20.2 Å². The summed E-state index contributed by atoms with van der Waals surface area (Å²) in [6, 6.07) is 8.13. The maximum Gasteiger partial charge on any atom is 0.274 e. The minimum Gasteiger partial charge on any atom is -0.336 e. The minimum absolute atomic E-state index is 0.000822.